The fourth-order valence-electron chi connectivity index (χ4n) is 1.70. The maximum Gasteiger partial charge on any atom is 0.251 e. The molecule has 6 heteroatoms. The summed E-state index contributed by atoms with van der Waals surface area (Å²) in [5.41, 5.74) is 7.17. The number of hydrogen-bond donors (Lipinski definition) is 3. The van der Waals surface area contributed by atoms with Crippen LogP contribution in [0.5, 0.6) is 0 Å². The molecule has 0 spiro atoms. The molecule has 0 fully saturated rings. The average molecular weight is 259 g/mol. The fraction of sp³-hybridized carbons (Fsp3) is 0.308. The quantitative estimate of drug-likeness (QED) is 0.663. The maximum absolute atomic E-state index is 11.8. The number of nitrogens with two attached hydrogens (primary N) is 1. The monoisotopic (exact) mass is 259 g/mol. The fourth-order valence-corrected chi connectivity index (χ4v) is 1.70. The number of carbonyl (C=O) groups is 1. The highest BCUT2D eigenvalue weighted by Gasteiger charge is 2.04. The number of amides is 1. The second-order valence-electron chi connectivity index (χ2n) is 4.19. The van der Waals surface area contributed by atoms with Crippen molar-refractivity contribution in [2.45, 2.75) is 19.4 Å². The van der Waals surface area contributed by atoms with Gasteiger partial charge < -0.3 is 11.1 Å². The lowest BCUT2D eigenvalue weighted by atomic mass is 10.1. The van der Waals surface area contributed by atoms with Crippen LogP contribution in [0.1, 0.15) is 28.2 Å². The van der Waals surface area contributed by atoms with Crippen molar-refractivity contribution in [3.63, 3.8) is 0 Å². The Morgan fingerprint density at radius 1 is 1.32 bits per heavy atom. The van der Waals surface area contributed by atoms with Gasteiger partial charge in [-0.15, -0.1) is 0 Å². The van der Waals surface area contributed by atoms with Gasteiger partial charge in [0.1, 0.15) is 12.2 Å². The van der Waals surface area contributed by atoms with Gasteiger partial charge in [-0.25, -0.2) is 4.98 Å². The maximum atomic E-state index is 11.8. The summed E-state index contributed by atoms with van der Waals surface area (Å²) in [7, 11) is 0. The van der Waals surface area contributed by atoms with Gasteiger partial charge in [0.2, 0.25) is 0 Å². The Balaban J connectivity index is 1.74. The Hall–Kier alpha value is -2.21. The smallest absolute Gasteiger partial charge is 0.251 e. The predicted octanol–water partition coefficient (Wildman–Crippen LogP) is 0.626. The summed E-state index contributed by atoms with van der Waals surface area (Å²) < 4.78 is 0. The molecule has 0 unspecified atom stereocenters. The lowest BCUT2D eigenvalue weighted by Crippen LogP contribution is -2.24. The van der Waals surface area contributed by atoms with E-state index in [1.165, 1.54) is 6.33 Å². The summed E-state index contributed by atoms with van der Waals surface area (Å²) in [5.74, 6) is 0.766. The first-order chi connectivity index (χ1) is 9.29. The van der Waals surface area contributed by atoms with Crippen LogP contribution in [-0.4, -0.2) is 27.6 Å². The van der Waals surface area contributed by atoms with E-state index in [0.717, 1.165) is 24.2 Å². The number of nitrogens with one attached hydrogen (secondary N) is 2. The van der Waals surface area contributed by atoms with Gasteiger partial charge in [-0.05, 0) is 24.1 Å². The molecule has 6 nitrogen and oxygen atoms in total. The first-order valence-electron chi connectivity index (χ1n) is 6.21. The molecule has 0 aliphatic rings. The van der Waals surface area contributed by atoms with Crippen molar-refractivity contribution in [2.75, 3.05) is 6.54 Å². The molecule has 19 heavy (non-hydrogen) atoms. The highest BCUT2D eigenvalue weighted by molar-refractivity contribution is 5.94. The average Bonchev–Trinajstić information content (AvgIpc) is 2.96. The van der Waals surface area contributed by atoms with Crippen LogP contribution < -0.4 is 11.1 Å². The molecular formula is C13H17N5O. The topological polar surface area (TPSA) is 96.7 Å². The van der Waals surface area contributed by atoms with Crippen molar-refractivity contribution in [1.29, 1.82) is 0 Å². The second kappa shape index (κ2) is 6.65. The van der Waals surface area contributed by atoms with Gasteiger partial charge in [-0.2, -0.15) is 5.10 Å². The molecule has 4 N–H and O–H groups in total. The third-order valence-corrected chi connectivity index (χ3v) is 2.79. The minimum Gasteiger partial charge on any atom is -0.352 e. The lowest BCUT2D eigenvalue weighted by molar-refractivity contribution is 0.0953. The van der Waals surface area contributed by atoms with Gasteiger partial charge in [0.05, 0.1) is 0 Å². The minimum atomic E-state index is -0.0684. The van der Waals surface area contributed by atoms with E-state index in [4.69, 9.17) is 5.73 Å². The van der Waals surface area contributed by atoms with E-state index in [1.54, 1.807) is 12.1 Å². The highest BCUT2D eigenvalue weighted by atomic mass is 16.1. The Bertz CT molecular complexity index is 506. The number of rotatable bonds is 6. The number of aryl methyl sites for hydroxylation is 1. The van der Waals surface area contributed by atoms with Gasteiger partial charge in [0, 0.05) is 25.1 Å². The summed E-state index contributed by atoms with van der Waals surface area (Å²) in [4.78, 5) is 15.8. The van der Waals surface area contributed by atoms with Gasteiger partial charge in [-0.1, -0.05) is 12.1 Å². The lowest BCUT2D eigenvalue weighted by Gasteiger charge is -2.05. The molecule has 100 valence electrons. The van der Waals surface area contributed by atoms with E-state index >= 15 is 0 Å². The number of aromatic amines is 1. The van der Waals surface area contributed by atoms with Gasteiger partial charge in [-0.3, -0.25) is 9.89 Å². The van der Waals surface area contributed by atoms with E-state index < -0.39 is 0 Å². The first-order valence-corrected chi connectivity index (χ1v) is 6.21. The summed E-state index contributed by atoms with van der Waals surface area (Å²) in [6.45, 7) is 1.09. The number of aromatic nitrogens is 3. The largest absolute Gasteiger partial charge is 0.352 e. The molecule has 2 aromatic rings. The van der Waals surface area contributed by atoms with Crippen molar-refractivity contribution in [3.8, 4) is 0 Å². The van der Waals surface area contributed by atoms with Crippen molar-refractivity contribution >= 4 is 5.91 Å². The molecule has 0 atom stereocenters. The Morgan fingerprint density at radius 3 is 2.74 bits per heavy atom. The minimum absolute atomic E-state index is 0.0684. The zero-order chi connectivity index (χ0) is 13.5. The van der Waals surface area contributed by atoms with Crippen molar-refractivity contribution in [3.05, 3.63) is 47.5 Å². The number of carbonyl (C=O) groups excluding carboxylic acids is 1. The Labute approximate surface area is 111 Å². The summed E-state index contributed by atoms with van der Waals surface area (Å²) in [5, 5.41) is 9.42. The third-order valence-electron chi connectivity index (χ3n) is 2.79. The molecule has 0 bridgehead atoms. The molecule has 1 heterocycles. The van der Waals surface area contributed by atoms with Crippen LogP contribution in [0.25, 0.3) is 0 Å². The molecule has 0 aliphatic carbocycles. The van der Waals surface area contributed by atoms with Crippen LogP contribution >= 0.6 is 0 Å². The molecule has 1 aromatic heterocycles. The zero-order valence-corrected chi connectivity index (χ0v) is 10.6. The summed E-state index contributed by atoms with van der Waals surface area (Å²) in [6, 6.07) is 7.30. The van der Waals surface area contributed by atoms with Crippen LogP contribution in [0.2, 0.25) is 0 Å². The van der Waals surface area contributed by atoms with Gasteiger partial charge in [0.25, 0.3) is 5.91 Å². The zero-order valence-electron chi connectivity index (χ0n) is 10.6. The normalized spacial score (nSPS) is 10.4. The van der Waals surface area contributed by atoms with Crippen LogP contribution in [-0.2, 0) is 13.0 Å². The van der Waals surface area contributed by atoms with E-state index in [2.05, 4.69) is 20.5 Å². The van der Waals surface area contributed by atoms with Crippen LogP contribution in [0.4, 0.5) is 0 Å². The second-order valence-corrected chi connectivity index (χ2v) is 4.19. The summed E-state index contributed by atoms with van der Waals surface area (Å²) >= 11 is 0. The number of hydrogen-bond acceptors (Lipinski definition) is 4. The molecule has 0 radical (unpaired) electrons. The van der Waals surface area contributed by atoms with Gasteiger partial charge in [0.15, 0.2) is 0 Å². The van der Waals surface area contributed by atoms with Crippen molar-refractivity contribution in [1.82, 2.24) is 20.5 Å². The first kappa shape index (κ1) is 13.2. The van der Waals surface area contributed by atoms with Crippen LogP contribution in [0.3, 0.4) is 0 Å². The molecule has 1 aromatic carbocycles. The number of H-pyrrole nitrogens is 1. The number of nitrogens with zero attached hydrogens (tertiary/aromatic N) is 2. The van der Waals surface area contributed by atoms with E-state index in [-0.39, 0.29) is 5.91 Å². The van der Waals surface area contributed by atoms with E-state index in [0.29, 0.717) is 18.7 Å². The van der Waals surface area contributed by atoms with E-state index in [9.17, 15) is 4.79 Å². The Morgan fingerprint density at radius 2 is 2.11 bits per heavy atom. The van der Waals surface area contributed by atoms with Crippen molar-refractivity contribution in [2.24, 2.45) is 5.73 Å². The molecule has 0 saturated carbocycles. The number of benzene rings is 1. The standard InChI is InChI=1S/C13H17N5O/c14-8-10-3-5-11(6-4-10)13(19)15-7-1-2-12-16-9-17-18-12/h3-6,9H,1-2,7-8,14H2,(H,15,19)(H,16,17,18). The molecule has 1 amide bonds. The highest BCUT2D eigenvalue weighted by Crippen LogP contribution is 2.03. The third kappa shape index (κ3) is 3.89. The van der Waals surface area contributed by atoms with Crippen molar-refractivity contribution < 1.29 is 4.79 Å². The SMILES string of the molecule is NCc1ccc(C(=O)NCCCc2ncn[nH]2)cc1. The predicted molar refractivity (Wildman–Crippen MR) is 71.4 cm³/mol. The van der Waals surface area contributed by atoms with E-state index in [1.807, 2.05) is 12.1 Å². The summed E-state index contributed by atoms with van der Waals surface area (Å²) in [6.07, 6.45) is 3.07. The van der Waals surface area contributed by atoms with Crippen LogP contribution in [0.15, 0.2) is 30.6 Å². The molecule has 0 aliphatic heterocycles. The molecular weight excluding hydrogens is 242 g/mol. The Kier molecular flexibility index (Phi) is 4.63. The molecule has 0 saturated heterocycles. The van der Waals surface area contributed by atoms with Gasteiger partial charge >= 0.3 is 0 Å². The van der Waals surface area contributed by atoms with Crippen LogP contribution in [0, 0.1) is 0 Å². The molecule has 2 rings (SSSR count).